The highest BCUT2D eigenvalue weighted by Crippen LogP contribution is 2.64. The van der Waals surface area contributed by atoms with Gasteiger partial charge in [0, 0.05) is 33.2 Å². The molecular formula is C52H32N4. The lowest BCUT2D eigenvalue weighted by Crippen LogP contribution is -2.25. The van der Waals surface area contributed by atoms with Gasteiger partial charge in [0.15, 0.2) is 17.5 Å². The molecule has 0 saturated carbocycles. The first kappa shape index (κ1) is 31.0. The summed E-state index contributed by atoms with van der Waals surface area (Å²) < 4.78 is 2.42. The summed E-state index contributed by atoms with van der Waals surface area (Å²) in [5.41, 5.74) is 15.8. The topological polar surface area (TPSA) is 43.6 Å². The van der Waals surface area contributed by atoms with Crippen molar-refractivity contribution in [3.8, 4) is 62.1 Å². The molecule has 1 spiro atoms. The van der Waals surface area contributed by atoms with Gasteiger partial charge >= 0.3 is 0 Å². The number of hydrogen-bond donors (Lipinski definition) is 0. The summed E-state index contributed by atoms with van der Waals surface area (Å²) in [5.74, 6) is 1.95. The van der Waals surface area contributed by atoms with Crippen LogP contribution < -0.4 is 0 Å². The Morgan fingerprint density at radius 1 is 0.339 bits per heavy atom. The van der Waals surface area contributed by atoms with Crippen molar-refractivity contribution in [1.29, 1.82) is 0 Å². The standard InChI is InChI=1S/C52H32N4/c1-4-17-33(18-5-1)49-53-50(34-19-6-2-7-20-34)55-51(54-49)39-26-16-29-44-48(39)41-32-47-40(38-25-12-15-30-46(38)56(47)35-21-8-3-9-22-35)31-45(41)52(44)42-27-13-10-23-36(42)37-24-11-14-28-43(37)52/h1-32H. The summed E-state index contributed by atoms with van der Waals surface area (Å²) in [4.78, 5) is 15.6. The molecule has 0 bridgehead atoms. The van der Waals surface area contributed by atoms with Crippen LogP contribution in [-0.4, -0.2) is 19.5 Å². The smallest absolute Gasteiger partial charge is 0.164 e. The summed E-state index contributed by atoms with van der Waals surface area (Å²) in [7, 11) is 0. The van der Waals surface area contributed by atoms with Gasteiger partial charge < -0.3 is 4.57 Å². The van der Waals surface area contributed by atoms with Gasteiger partial charge in [-0.1, -0.05) is 164 Å². The minimum Gasteiger partial charge on any atom is -0.309 e. The zero-order valence-corrected chi connectivity index (χ0v) is 30.3. The van der Waals surface area contributed by atoms with E-state index in [0.29, 0.717) is 17.5 Å². The quantitative estimate of drug-likeness (QED) is 0.182. The lowest BCUT2D eigenvalue weighted by atomic mass is 9.70. The normalized spacial score (nSPS) is 13.1. The Morgan fingerprint density at radius 2 is 0.857 bits per heavy atom. The van der Waals surface area contributed by atoms with Crippen LogP contribution in [0, 0.1) is 0 Å². The van der Waals surface area contributed by atoms with Crippen LogP contribution in [0.25, 0.3) is 83.9 Å². The van der Waals surface area contributed by atoms with E-state index in [2.05, 4.69) is 162 Å². The number of benzene rings is 8. The molecule has 0 saturated heterocycles. The van der Waals surface area contributed by atoms with E-state index in [1.807, 2.05) is 36.4 Å². The second-order valence-electron chi connectivity index (χ2n) is 14.7. The summed E-state index contributed by atoms with van der Waals surface area (Å²) in [6, 6.07) is 69.6. The van der Waals surface area contributed by atoms with Gasteiger partial charge in [-0.3, -0.25) is 0 Å². The molecule has 10 aromatic rings. The van der Waals surface area contributed by atoms with Crippen molar-refractivity contribution in [2.24, 2.45) is 0 Å². The predicted molar refractivity (Wildman–Crippen MR) is 227 cm³/mol. The number of hydrogen-bond acceptors (Lipinski definition) is 3. The van der Waals surface area contributed by atoms with Crippen LogP contribution in [0.5, 0.6) is 0 Å². The molecule has 2 heterocycles. The Labute approximate surface area is 324 Å². The van der Waals surface area contributed by atoms with Gasteiger partial charge in [-0.2, -0.15) is 0 Å². The van der Waals surface area contributed by atoms with Crippen molar-refractivity contribution in [3.63, 3.8) is 0 Å². The molecule has 0 atom stereocenters. The van der Waals surface area contributed by atoms with Crippen molar-refractivity contribution < 1.29 is 0 Å². The fraction of sp³-hybridized carbons (Fsp3) is 0.0192. The third-order valence-corrected chi connectivity index (χ3v) is 11.9. The van der Waals surface area contributed by atoms with Gasteiger partial charge in [0.25, 0.3) is 0 Å². The number of rotatable bonds is 4. The van der Waals surface area contributed by atoms with Gasteiger partial charge in [0.1, 0.15) is 0 Å². The van der Waals surface area contributed by atoms with E-state index in [-0.39, 0.29) is 0 Å². The molecule has 0 N–H and O–H groups in total. The van der Waals surface area contributed by atoms with Crippen molar-refractivity contribution in [1.82, 2.24) is 19.5 Å². The minimum atomic E-state index is -0.546. The highest BCUT2D eigenvalue weighted by atomic mass is 15.0. The van der Waals surface area contributed by atoms with Crippen LogP contribution in [-0.2, 0) is 5.41 Å². The Hall–Kier alpha value is -7.43. The average molecular weight is 713 g/mol. The van der Waals surface area contributed by atoms with Gasteiger partial charge in [-0.25, -0.2) is 15.0 Å². The Balaban J connectivity index is 1.23. The van der Waals surface area contributed by atoms with E-state index in [9.17, 15) is 0 Å². The zero-order chi connectivity index (χ0) is 36.8. The largest absolute Gasteiger partial charge is 0.309 e. The number of para-hydroxylation sites is 2. The average Bonchev–Trinajstić information content (AvgIpc) is 3.88. The SMILES string of the molecule is c1ccc(-c2nc(-c3ccccc3)nc(-c3cccc4c3-c3cc5c(cc3C43c4ccccc4-c4ccccc43)c3ccccc3n5-c3ccccc3)n2)cc1. The van der Waals surface area contributed by atoms with Crippen LogP contribution in [0.4, 0.5) is 0 Å². The summed E-state index contributed by atoms with van der Waals surface area (Å²) in [5, 5.41) is 2.47. The van der Waals surface area contributed by atoms with Gasteiger partial charge in [0.2, 0.25) is 0 Å². The van der Waals surface area contributed by atoms with Crippen molar-refractivity contribution >= 4 is 21.8 Å². The fourth-order valence-corrected chi connectivity index (χ4v) is 9.62. The fourth-order valence-electron chi connectivity index (χ4n) is 9.62. The van der Waals surface area contributed by atoms with Crippen LogP contribution in [0.1, 0.15) is 22.3 Å². The maximum Gasteiger partial charge on any atom is 0.164 e. The van der Waals surface area contributed by atoms with Crippen LogP contribution in [0.2, 0.25) is 0 Å². The first-order valence-electron chi connectivity index (χ1n) is 19.1. The number of nitrogens with zero attached hydrogens (tertiary/aromatic N) is 4. The highest BCUT2D eigenvalue weighted by molar-refractivity contribution is 6.13. The summed E-state index contributed by atoms with van der Waals surface area (Å²) in [6.07, 6.45) is 0. The van der Waals surface area contributed by atoms with Crippen molar-refractivity contribution in [2.45, 2.75) is 5.41 Å². The lowest BCUT2D eigenvalue weighted by Gasteiger charge is -2.30. The molecule has 56 heavy (non-hydrogen) atoms. The first-order valence-corrected chi connectivity index (χ1v) is 19.1. The zero-order valence-electron chi connectivity index (χ0n) is 30.3. The lowest BCUT2D eigenvalue weighted by molar-refractivity contribution is 0.795. The van der Waals surface area contributed by atoms with Gasteiger partial charge in [-0.05, 0) is 74.8 Å². The molecular weight excluding hydrogens is 681 g/mol. The summed E-state index contributed by atoms with van der Waals surface area (Å²) >= 11 is 0. The molecule has 0 radical (unpaired) electrons. The van der Waals surface area contributed by atoms with Crippen LogP contribution >= 0.6 is 0 Å². The van der Waals surface area contributed by atoms with Crippen molar-refractivity contribution in [3.05, 3.63) is 216 Å². The molecule has 8 aromatic carbocycles. The molecule has 0 amide bonds. The maximum absolute atomic E-state index is 5.29. The van der Waals surface area contributed by atoms with Gasteiger partial charge in [0.05, 0.1) is 16.4 Å². The van der Waals surface area contributed by atoms with Gasteiger partial charge in [-0.15, -0.1) is 0 Å². The van der Waals surface area contributed by atoms with E-state index in [4.69, 9.17) is 15.0 Å². The molecule has 0 fully saturated rings. The molecule has 260 valence electrons. The highest BCUT2D eigenvalue weighted by Gasteiger charge is 2.52. The van der Waals surface area contributed by atoms with E-state index in [0.717, 1.165) is 27.9 Å². The molecule has 4 nitrogen and oxygen atoms in total. The number of fused-ring (bicyclic) bond motifs is 13. The van der Waals surface area contributed by atoms with Crippen molar-refractivity contribution in [2.75, 3.05) is 0 Å². The second-order valence-corrected chi connectivity index (χ2v) is 14.7. The van der Waals surface area contributed by atoms with Crippen LogP contribution in [0.3, 0.4) is 0 Å². The molecule has 2 aliphatic rings. The number of aromatic nitrogens is 4. The third kappa shape index (κ3) is 4.21. The maximum atomic E-state index is 5.29. The minimum absolute atomic E-state index is 0.546. The molecule has 4 heteroatoms. The Kier molecular flexibility index (Phi) is 6.52. The molecule has 0 aliphatic heterocycles. The van der Waals surface area contributed by atoms with E-state index in [1.54, 1.807) is 0 Å². The molecule has 2 aliphatic carbocycles. The van der Waals surface area contributed by atoms with E-state index < -0.39 is 5.41 Å². The monoisotopic (exact) mass is 712 g/mol. The first-order chi connectivity index (χ1) is 27.8. The molecule has 2 aromatic heterocycles. The molecule has 12 rings (SSSR count). The van der Waals surface area contributed by atoms with E-state index >= 15 is 0 Å². The Bertz CT molecular complexity index is 3080. The third-order valence-electron chi connectivity index (χ3n) is 11.9. The molecule has 0 unspecified atom stereocenters. The summed E-state index contributed by atoms with van der Waals surface area (Å²) in [6.45, 7) is 0. The van der Waals surface area contributed by atoms with E-state index in [1.165, 1.54) is 60.8 Å². The second kappa shape index (κ2) is 11.8. The van der Waals surface area contributed by atoms with Crippen LogP contribution in [0.15, 0.2) is 194 Å². The Morgan fingerprint density at radius 3 is 1.52 bits per heavy atom. The predicted octanol–water partition coefficient (Wildman–Crippen LogP) is 12.3.